The first-order valence-corrected chi connectivity index (χ1v) is 10.8. The number of nitrogens with zero attached hydrogens (tertiary/aromatic N) is 2. The van der Waals surface area contributed by atoms with Gasteiger partial charge in [0.05, 0.1) is 22.5 Å². The van der Waals surface area contributed by atoms with E-state index >= 15 is 0 Å². The third-order valence-corrected chi connectivity index (χ3v) is 5.75. The molecule has 0 aliphatic rings. The molecule has 0 saturated carbocycles. The Hall–Kier alpha value is -3.55. The van der Waals surface area contributed by atoms with Crippen molar-refractivity contribution >= 4 is 39.5 Å². The van der Waals surface area contributed by atoms with Crippen LogP contribution < -0.4 is 4.31 Å². The number of carboxylic acids is 1. The van der Waals surface area contributed by atoms with Crippen LogP contribution in [-0.4, -0.2) is 24.8 Å². The number of aryl methyl sites for hydroxylation is 2. The standard InChI is InChI=1S/C24H20N2O4S/c27-24(28)20-6-1-4-18(16-20)10-9-17-11-13-21(14-12-17)26(31(29)30)22-8-2-5-19-7-3-15-25-23(19)22/h1-8,11-16H,9-10H2,(H,27,28)(H,29,30). The van der Waals surface area contributed by atoms with E-state index in [1.807, 2.05) is 42.5 Å². The summed E-state index contributed by atoms with van der Waals surface area (Å²) in [4.78, 5) is 15.5. The van der Waals surface area contributed by atoms with Crippen molar-refractivity contribution in [3.63, 3.8) is 0 Å². The highest BCUT2D eigenvalue weighted by molar-refractivity contribution is 7.81. The molecule has 1 aromatic heterocycles. The molecule has 3 aromatic carbocycles. The minimum atomic E-state index is -2.27. The summed E-state index contributed by atoms with van der Waals surface area (Å²) in [7, 11) is 0. The first-order chi connectivity index (χ1) is 15.0. The maximum atomic E-state index is 12.2. The Morgan fingerprint density at radius 1 is 0.903 bits per heavy atom. The van der Waals surface area contributed by atoms with Gasteiger partial charge in [-0.2, -0.15) is 0 Å². The molecule has 0 radical (unpaired) electrons. The average Bonchev–Trinajstić information content (AvgIpc) is 2.79. The van der Waals surface area contributed by atoms with Crippen LogP contribution in [0.4, 0.5) is 11.4 Å². The minimum Gasteiger partial charge on any atom is -0.478 e. The lowest BCUT2D eigenvalue weighted by atomic mass is 10.0. The fraction of sp³-hybridized carbons (Fsp3) is 0.0833. The van der Waals surface area contributed by atoms with Crippen LogP contribution in [0.3, 0.4) is 0 Å². The molecule has 0 spiro atoms. The number of hydrogen-bond acceptors (Lipinski definition) is 3. The van der Waals surface area contributed by atoms with Crippen LogP contribution in [-0.2, 0) is 24.1 Å². The Kier molecular flexibility index (Phi) is 6.06. The summed E-state index contributed by atoms with van der Waals surface area (Å²) >= 11 is -2.27. The largest absolute Gasteiger partial charge is 0.478 e. The van der Waals surface area contributed by atoms with Gasteiger partial charge in [-0.3, -0.25) is 9.54 Å². The molecule has 0 aliphatic carbocycles. The predicted molar refractivity (Wildman–Crippen MR) is 122 cm³/mol. The van der Waals surface area contributed by atoms with Crippen LogP contribution in [0.1, 0.15) is 21.5 Å². The second-order valence-electron chi connectivity index (χ2n) is 7.05. The smallest absolute Gasteiger partial charge is 0.335 e. The Labute approximate surface area is 182 Å². The zero-order valence-electron chi connectivity index (χ0n) is 16.5. The molecule has 2 N–H and O–H groups in total. The highest BCUT2D eigenvalue weighted by Gasteiger charge is 2.18. The molecule has 4 rings (SSSR count). The number of anilines is 2. The first kappa shape index (κ1) is 20.7. The number of para-hydroxylation sites is 1. The molecule has 0 aliphatic heterocycles. The van der Waals surface area contributed by atoms with Crippen LogP contribution in [0, 0.1) is 0 Å². The number of carbonyl (C=O) groups is 1. The normalized spacial score (nSPS) is 11.9. The summed E-state index contributed by atoms with van der Waals surface area (Å²) < 4.78 is 23.5. The van der Waals surface area contributed by atoms with Gasteiger partial charge in [0.15, 0.2) is 0 Å². The fourth-order valence-electron chi connectivity index (χ4n) is 3.51. The third kappa shape index (κ3) is 4.63. The topological polar surface area (TPSA) is 90.7 Å². The van der Waals surface area contributed by atoms with E-state index < -0.39 is 17.2 Å². The molecule has 0 saturated heterocycles. The van der Waals surface area contributed by atoms with E-state index in [9.17, 15) is 13.6 Å². The number of hydrogen-bond donors (Lipinski definition) is 2. The van der Waals surface area contributed by atoms with Gasteiger partial charge in [-0.25, -0.2) is 13.3 Å². The van der Waals surface area contributed by atoms with E-state index in [0.29, 0.717) is 23.3 Å². The van der Waals surface area contributed by atoms with E-state index in [4.69, 9.17) is 5.11 Å². The molecular formula is C24H20N2O4S. The van der Waals surface area contributed by atoms with Gasteiger partial charge in [-0.15, -0.1) is 0 Å². The number of fused-ring (bicyclic) bond motifs is 1. The molecule has 31 heavy (non-hydrogen) atoms. The van der Waals surface area contributed by atoms with Crippen molar-refractivity contribution in [3.05, 3.63) is 102 Å². The van der Waals surface area contributed by atoms with Crippen LogP contribution in [0.15, 0.2) is 85.1 Å². The van der Waals surface area contributed by atoms with Crippen LogP contribution in [0.25, 0.3) is 10.9 Å². The van der Waals surface area contributed by atoms with E-state index in [-0.39, 0.29) is 5.56 Å². The van der Waals surface area contributed by atoms with Crippen molar-refractivity contribution in [1.29, 1.82) is 0 Å². The van der Waals surface area contributed by atoms with Gasteiger partial charge in [0.2, 0.25) is 0 Å². The zero-order chi connectivity index (χ0) is 21.8. The van der Waals surface area contributed by atoms with Gasteiger partial charge in [0, 0.05) is 11.6 Å². The molecule has 1 heterocycles. The number of rotatable bonds is 7. The second-order valence-corrected chi connectivity index (χ2v) is 7.88. The Morgan fingerprint density at radius 3 is 2.35 bits per heavy atom. The number of benzene rings is 3. The van der Waals surface area contributed by atoms with Crippen LogP contribution in [0.5, 0.6) is 0 Å². The summed E-state index contributed by atoms with van der Waals surface area (Å²) in [6, 6.07) is 23.6. The Morgan fingerprint density at radius 2 is 1.61 bits per heavy atom. The molecule has 156 valence electrons. The molecule has 0 fully saturated rings. The lowest BCUT2D eigenvalue weighted by Gasteiger charge is -2.21. The molecule has 6 nitrogen and oxygen atoms in total. The maximum Gasteiger partial charge on any atom is 0.335 e. The summed E-state index contributed by atoms with van der Waals surface area (Å²) in [6.07, 6.45) is 3.08. The van der Waals surface area contributed by atoms with Gasteiger partial charge >= 0.3 is 5.97 Å². The lowest BCUT2D eigenvalue weighted by Crippen LogP contribution is -2.19. The van der Waals surface area contributed by atoms with Gasteiger partial charge in [0.25, 0.3) is 11.3 Å². The fourth-order valence-corrected chi connectivity index (χ4v) is 4.13. The van der Waals surface area contributed by atoms with E-state index in [0.717, 1.165) is 22.9 Å². The Bertz CT molecular complexity index is 1250. The summed E-state index contributed by atoms with van der Waals surface area (Å²) in [5.74, 6) is -0.939. The van der Waals surface area contributed by atoms with Crippen LogP contribution in [0.2, 0.25) is 0 Å². The minimum absolute atomic E-state index is 0.276. The van der Waals surface area contributed by atoms with Crippen molar-refractivity contribution < 1.29 is 18.7 Å². The van der Waals surface area contributed by atoms with Gasteiger partial charge in [0.1, 0.15) is 0 Å². The molecule has 1 unspecified atom stereocenters. The molecule has 1 atom stereocenters. The SMILES string of the molecule is O=C(O)c1cccc(CCc2ccc(N(c3cccc4cccnc34)S(=O)O)cc2)c1. The number of carboxylic acid groups (broad SMARTS) is 1. The molecule has 0 amide bonds. The van der Waals surface area contributed by atoms with Gasteiger partial charge in [-0.1, -0.05) is 42.5 Å². The van der Waals surface area contributed by atoms with Gasteiger partial charge in [-0.05, 0) is 60.4 Å². The lowest BCUT2D eigenvalue weighted by molar-refractivity contribution is 0.0696. The van der Waals surface area contributed by atoms with Crippen molar-refractivity contribution in [2.45, 2.75) is 12.8 Å². The van der Waals surface area contributed by atoms with E-state index in [2.05, 4.69) is 4.98 Å². The van der Waals surface area contributed by atoms with E-state index in [1.165, 1.54) is 4.31 Å². The number of aromatic nitrogens is 1. The first-order valence-electron chi connectivity index (χ1n) is 9.69. The molecule has 7 heteroatoms. The number of pyridine rings is 1. The number of aromatic carboxylic acids is 1. The zero-order valence-corrected chi connectivity index (χ0v) is 17.3. The Balaban J connectivity index is 1.56. The van der Waals surface area contributed by atoms with Crippen LogP contribution >= 0.6 is 0 Å². The van der Waals surface area contributed by atoms with Crippen molar-refractivity contribution in [3.8, 4) is 0 Å². The van der Waals surface area contributed by atoms with Crippen molar-refractivity contribution in [2.75, 3.05) is 4.31 Å². The summed E-state index contributed by atoms with van der Waals surface area (Å²) in [5, 5.41) is 10.0. The van der Waals surface area contributed by atoms with E-state index in [1.54, 1.807) is 42.6 Å². The molecular weight excluding hydrogens is 412 g/mol. The van der Waals surface area contributed by atoms with Crippen molar-refractivity contribution in [1.82, 2.24) is 4.98 Å². The quantitative estimate of drug-likeness (QED) is 0.401. The summed E-state index contributed by atoms with van der Waals surface area (Å²) in [5.41, 5.74) is 4.05. The maximum absolute atomic E-state index is 12.2. The second kappa shape index (κ2) is 9.07. The highest BCUT2D eigenvalue weighted by atomic mass is 32.2. The molecule has 4 aromatic rings. The monoisotopic (exact) mass is 432 g/mol. The van der Waals surface area contributed by atoms with Crippen molar-refractivity contribution in [2.24, 2.45) is 0 Å². The van der Waals surface area contributed by atoms with Gasteiger partial charge < -0.3 is 5.11 Å². The predicted octanol–water partition coefficient (Wildman–Crippen LogP) is 4.99. The average molecular weight is 433 g/mol. The molecule has 0 bridgehead atoms. The summed E-state index contributed by atoms with van der Waals surface area (Å²) in [6.45, 7) is 0. The third-order valence-electron chi connectivity index (χ3n) is 5.03. The highest BCUT2D eigenvalue weighted by Crippen LogP contribution is 2.32.